The number of halogens is 1. The van der Waals surface area contributed by atoms with Crippen LogP contribution < -0.4 is 10.6 Å². The molecule has 0 radical (unpaired) electrons. The Balaban J connectivity index is 1.49. The summed E-state index contributed by atoms with van der Waals surface area (Å²) < 4.78 is 6.68. The molecule has 1 aliphatic carbocycles. The van der Waals surface area contributed by atoms with Crippen molar-refractivity contribution >= 4 is 29.5 Å². The van der Waals surface area contributed by atoms with Gasteiger partial charge in [0, 0.05) is 6.04 Å². The van der Waals surface area contributed by atoms with Gasteiger partial charge in [-0.25, -0.2) is 14.3 Å². The molecule has 1 heterocycles. The van der Waals surface area contributed by atoms with E-state index in [-0.39, 0.29) is 11.6 Å². The monoisotopic (exact) mass is 432 g/mol. The Hall–Kier alpha value is -2.87. The van der Waals surface area contributed by atoms with Crippen LogP contribution in [0.5, 0.6) is 0 Å². The second kappa shape index (κ2) is 9.75. The van der Waals surface area contributed by atoms with Crippen LogP contribution in [0.1, 0.15) is 53.8 Å². The average Bonchev–Trinajstić information content (AvgIpc) is 3.00. The molecule has 1 saturated carbocycles. The number of ether oxygens (including phenoxy) is 1. The van der Waals surface area contributed by atoms with Crippen LogP contribution >= 0.6 is 11.6 Å². The molecule has 2 aromatic rings. The van der Waals surface area contributed by atoms with E-state index in [4.69, 9.17) is 16.3 Å². The summed E-state index contributed by atoms with van der Waals surface area (Å²) in [6.07, 6.45) is 5.14. The summed E-state index contributed by atoms with van der Waals surface area (Å²) in [5, 5.41) is 9.92. The van der Waals surface area contributed by atoms with E-state index >= 15 is 0 Å². The van der Waals surface area contributed by atoms with Gasteiger partial charge in [0.25, 0.3) is 5.91 Å². The number of imide groups is 1. The number of aromatic nitrogens is 2. The van der Waals surface area contributed by atoms with Crippen LogP contribution in [0, 0.1) is 13.8 Å². The van der Waals surface area contributed by atoms with E-state index in [1.807, 2.05) is 13.8 Å². The molecule has 1 fully saturated rings. The fourth-order valence-corrected chi connectivity index (χ4v) is 3.58. The number of hydrogen-bond donors (Lipinski definition) is 2. The fraction of sp³-hybridized carbons (Fsp3) is 0.429. The normalized spacial score (nSPS) is 14.2. The molecule has 3 rings (SSSR count). The fourth-order valence-electron chi connectivity index (χ4n) is 3.46. The highest BCUT2D eigenvalue weighted by atomic mass is 35.5. The zero-order valence-electron chi connectivity index (χ0n) is 17.0. The zero-order chi connectivity index (χ0) is 21.7. The van der Waals surface area contributed by atoms with Crippen molar-refractivity contribution in [2.45, 2.75) is 52.0 Å². The van der Waals surface area contributed by atoms with Gasteiger partial charge >= 0.3 is 12.0 Å². The van der Waals surface area contributed by atoms with E-state index in [1.165, 1.54) is 6.42 Å². The summed E-state index contributed by atoms with van der Waals surface area (Å²) in [6, 6.07) is 6.11. The SMILES string of the molecule is Cc1nn(-c2ccc(C(=O)OCC(=O)NC(=O)NC3CCCCC3)cc2)c(C)c1Cl. The van der Waals surface area contributed by atoms with Crippen LogP contribution in [0.3, 0.4) is 0 Å². The van der Waals surface area contributed by atoms with Crippen LogP contribution in [0.4, 0.5) is 4.79 Å². The van der Waals surface area contributed by atoms with Gasteiger partial charge in [-0.2, -0.15) is 5.10 Å². The number of amides is 3. The van der Waals surface area contributed by atoms with Crippen LogP contribution in [-0.2, 0) is 9.53 Å². The summed E-state index contributed by atoms with van der Waals surface area (Å²) in [4.78, 5) is 35.9. The van der Waals surface area contributed by atoms with Gasteiger partial charge in [0.1, 0.15) is 0 Å². The molecule has 1 aliphatic rings. The molecular formula is C21H25ClN4O4. The molecule has 0 bridgehead atoms. The molecule has 0 spiro atoms. The third kappa shape index (κ3) is 5.38. The number of hydrogen-bond acceptors (Lipinski definition) is 5. The first kappa shape index (κ1) is 21.8. The summed E-state index contributed by atoms with van der Waals surface area (Å²) >= 11 is 6.17. The van der Waals surface area contributed by atoms with Crippen molar-refractivity contribution in [3.63, 3.8) is 0 Å². The first-order chi connectivity index (χ1) is 14.3. The highest BCUT2D eigenvalue weighted by Gasteiger charge is 2.18. The maximum Gasteiger partial charge on any atom is 0.338 e. The van der Waals surface area contributed by atoms with Crippen LogP contribution in [-0.4, -0.2) is 40.3 Å². The van der Waals surface area contributed by atoms with Crippen LogP contribution in [0.15, 0.2) is 24.3 Å². The largest absolute Gasteiger partial charge is 0.452 e. The van der Waals surface area contributed by atoms with Crippen molar-refractivity contribution in [2.75, 3.05) is 6.61 Å². The number of carbonyl (C=O) groups excluding carboxylic acids is 3. The Labute approximate surface area is 179 Å². The predicted molar refractivity (Wildman–Crippen MR) is 112 cm³/mol. The lowest BCUT2D eigenvalue weighted by molar-refractivity contribution is -0.123. The number of benzene rings is 1. The van der Waals surface area contributed by atoms with Gasteiger partial charge in [-0.05, 0) is 51.0 Å². The van der Waals surface area contributed by atoms with Gasteiger partial charge in [-0.15, -0.1) is 0 Å². The minimum absolute atomic E-state index is 0.0877. The molecular weight excluding hydrogens is 408 g/mol. The predicted octanol–water partition coefficient (Wildman–Crippen LogP) is 3.46. The topological polar surface area (TPSA) is 102 Å². The van der Waals surface area contributed by atoms with Crippen LogP contribution in [0.2, 0.25) is 5.02 Å². The molecule has 8 nitrogen and oxygen atoms in total. The highest BCUT2D eigenvalue weighted by molar-refractivity contribution is 6.31. The minimum Gasteiger partial charge on any atom is -0.452 e. The Morgan fingerprint density at radius 3 is 2.40 bits per heavy atom. The Bertz CT molecular complexity index is 933. The first-order valence-electron chi connectivity index (χ1n) is 9.95. The summed E-state index contributed by atoms with van der Waals surface area (Å²) in [7, 11) is 0. The van der Waals surface area contributed by atoms with Crippen molar-refractivity contribution in [1.29, 1.82) is 0 Å². The smallest absolute Gasteiger partial charge is 0.338 e. The van der Waals surface area contributed by atoms with Crippen molar-refractivity contribution in [3.8, 4) is 5.69 Å². The Morgan fingerprint density at radius 2 is 1.80 bits per heavy atom. The number of nitrogens with zero attached hydrogens (tertiary/aromatic N) is 2. The van der Waals surface area contributed by atoms with Crippen molar-refractivity contribution in [1.82, 2.24) is 20.4 Å². The summed E-state index contributed by atoms with van der Waals surface area (Å²) in [6.45, 7) is 3.14. The van der Waals surface area contributed by atoms with Crippen LogP contribution in [0.25, 0.3) is 5.69 Å². The summed E-state index contributed by atoms with van der Waals surface area (Å²) in [5.74, 6) is -1.33. The van der Waals surface area contributed by atoms with Gasteiger partial charge in [0.05, 0.1) is 27.7 Å². The number of rotatable bonds is 5. The van der Waals surface area contributed by atoms with E-state index < -0.39 is 24.5 Å². The van der Waals surface area contributed by atoms with Gasteiger partial charge in [-0.3, -0.25) is 10.1 Å². The van der Waals surface area contributed by atoms with Gasteiger partial charge in [0.15, 0.2) is 6.61 Å². The molecule has 30 heavy (non-hydrogen) atoms. The molecule has 3 amide bonds. The number of carbonyl (C=O) groups is 3. The maximum absolute atomic E-state index is 12.2. The molecule has 2 N–H and O–H groups in total. The lowest BCUT2D eigenvalue weighted by Crippen LogP contribution is -2.46. The molecule has 1 aromatic heterocycles. The third-order valence-corrected chi connectivity index (χ3v) is 5.63. The lowest BCUT2D eigenvalue weighted by atomic mass is 9.96. The number of nitrogens with one attached hydrogen (secondary N) is 2. The van der Waals surface area contributed by atoms with E-state index in [9.17, 15) is 14.4 Å². The number of esters is 1. The number of urea groups is 1. The maximum atomic E-state index is 12.2. The molecule has 160 valence electrons. The van der Waals surface area contributed by atoms with Gasteiger partial charge in [-0.1, -0.05) is 30.9 Å². The van der Waals surface area contributed by atoms with E-state index in [2.05, 4.69) is 15.7 Å². The van der Waals surface area contributed by atoms with Gasteiger partial charge in [0.2, 0.25) is 0 Å². The highest BCUT2D eigenvalue weighted by Crippen LogP contribution is 2.22. The molecule has 0 aliphatic heterocycles. The molecule has 0 saturated heterocycles. The van der Waals surface area contributed by atoms with Crippen molar-refractivity contribution in [3.05, 3.63) is 46.2 Å². The number of aryl methyl sites for hydroxylation is 1. The molecule has 9 heteroatoms. The van der Waals surface area contributed by atoms with E-state index in [1.54, 1.807) is 28.9 Å². The molecule has 0 atom stereocenters. The standard InChI is InChI=1S/C21H25ClN4O4/c1-13-19(22)14(2)26(25-13)17-10-8-15(9-11-17)20(28)30-12-18(27)24-21(29)23-16-6-4-3-5-7-16/h8-11,16H,3-7,12H2,1-2H3,(H2,23,24,27,29). The zero-order valence-corrected chi connectivity index (χ0v) is 17.8. The second-order valence-electron chi connectivity index (χ2n) is 7.38. The van der Waals surface area contributed by atoms with Crippen molar-refractivity contribution < 1.29 is 19.1 Å². The second-order valence-corrected chi connectivity index (χ2v) is 7.75. The third-order valence-electron chi connectivity index (χ3n) is 5.08. The molecule has 1 aromatic carbocycles. The Morgan fingerprint density at radius 1 is 1.13 bits per heavy atom. The molecule has 0 unspecified atom stereocenters. The van der Waals surface area contributed by atoms with E-state index in [0.717, 1.165) is 42.8 Å². The van der Waals surface area contributed by atoms with E-state index in [0.29, 0.717) is 5.02 Å². The minimum atomic E-state index is -0.675. The van der Waals surface area contributed by atoms with Crippen molar-refractivity contribution in [2.24, 2.45) is 0 Å². The lowest BCUT2D eigenvalue weighted by Gasteiger charge is -2.22. The summed E-state index contributed by atoms with van der Waals surface area (Å²) in [5.41, 5.74) is 2.55. The van der Waals surface area contributed by atoms with Gasteiger partial charge < -0.3 is 10.1 Å². The average molecular weight is 433 g/mol. The quantitative estimate of drug-likeness (QED) is 0.704. The Kier molecular flexibility index (Phi) is 7.10. The first-order valence-corrected chi connectivity index (χ1v) is 10.3.